The molecule has 0 saturated heterocycles. The molecule has 0 saturated carbocycles. The van der Waals surface area contributed by atoms with Gasteiger partial charge in [0.25, 0.3) is 10.0 Å². The average Bonchev–Trinajstić information content (AvgIpc) is 3.17. The van der Waals surface area contributed by atoms with Crippen molar-refractivity contribution >= 4 is 44.8 Å². The van der Waals surface area contributed by atoms with Gasteiger partial charge in [-0.15, -0.1) is 0 Å². The van der Waals surface area contributed by atoms with Crippen molar-refractivity contribution in [3.8, 4) is 11.5 Å². The Kier molecular flexibility index (Phi) is 4.92. The fourth-order valence-corrected chi connectivity index (χ4v) is 5.11. The van der Waals surface area contributed by atoms with Crippen molar-refractivity contribution in [2.75, 3.05) is 13.2 Å². The second-order valence-corrected chi connectivity index (χ2v) is 9.08. The molecule has 156 valence electrons. The molecule has 1 aliphatic heterocycles. The molecule has 6 nitrogen and oxygen atoms in total. The Hall–Kier alpha value is -3.29. The summed E-state index contributed by atoms with van der Waals surface area (Å²) in [5.41, 5.74) is 1.82. The maximum Gasteiger partial charge on any atom is 0.270 e. The lowest BCUT2D eigenvalue weighted by Gasteiger charge is -2.19. The highest BCUT2D eigenvalue weighted by atomic mass is 35.5. The fourth-order valence-electron chi connectivity index (χ4n) is 3.44. The molecule has 8 heteroatoms. The standard InChI is InChI=1S/C23H17ClN2O4S/c24-18-6-2-1-5-16(18)9-12-23-25-19-7-3-4-8-20(19)26(23)31(27,28)17-10-11-21-22(15-17)30-14-13-29-21/h1-12,15H,13-14H2/b12-9+. The van der Waals surface area contributed by atoms with Crippen LogP contribution in [0.1, 0.15) is 11.4 Å². The molecule has 0 aliphatic carbocycles. The van der Waals surface area contributed by atoms with Gasteiger partial charge in [-0.1, -0.05) is 41.9 Å². The van der Waals surface area contributed by atoms with Crippen LogP contribution < -0.4 is 9.47 Å². The Balaban J connectivity index is 1.67. The zero-order valence-corrected chi connectivity index (χ0v) is 17.8. The molecule has 4 aromatic rings. The van der Waals surface area contributed by atoms with Crippen LogP contribution in [0.2, 0.25) is 5.02 Å². The third kappa shape index (κ3) is 3.56. The first-order chi connectivity index (χ1) is 15.0. The normalized spacial score (nSPS) is 13.7. The summed E-state index contributed by atoms with van der Waals surface area (Å²) < 4.78 is 39.6. The molecule has 31 heavy (non-hydrogen) atoms. The topological polar surface area (TPSA) is 70.4 Å². The van der Waals surface area contributed by atoms with Crippen LogP contribution in [0.15, 0.2) is 71.6 Å². The Labute approximate surface area is 184 Å². The van der Waals surface area contributed by atoms with Crippen LogP contribution in [0.4, 0.5) is 0 Å². The quantitative estimate of drug-likeness (QED) is 0.442. The molecule has 2 heterocycles. The number of halogens is 1. The highest BCUT2D eigenvalue weighted by Crippen LogP contribution is 2.34. The first-order valence-corrected chi connectivity index (χ1v) is 11.4. The first-order valence-electron chi connectivity index (χ1n) is 9.59. The SMILES string of the molecule is O=S(=O)(c1ccc2c(c1)OCCO2)n1c(/C=C/c2ccccc2Cl)nc2ccccc21. The van der Waals surface area contributed by atoms with Crippen molar-refractivity contribution in [1.82, 2.24) is 8.96 Å². The lowest BCUT2D eigenvalue weighted by atomic mass is 10.2. The number of aromatic nitrogens is 2. The summed E-state index contributed by atoms with van der Waals surface area (Å²) in [5.74, 6) is 1.21. The number of hydrogen-bond acceptors (Lipinski definition) is 5. The van der Waals surface area contributed by atoms with Gasteiger partial charge in [0.05, 0.1) is 15.9 Å². The molecule has 0 radical (unpaired) electrons. The van der Waals surface area contributed by atoms with Gasteiger partial charge >= 0.3 is 0 Å². The number of nitrogens with zero attached hydrogens (tertiary/aromatic N) is 2. The summed E-state index contributed by atoms with van der Waals surface area (Å²) in [6.07, 6.45) is 3.40. The van der Waals surface area contributed by atoms with Gasteiger partial charge in [0, 0.05) is 11.1 Å². The van der Waals surface area contributed by atoms with Crippen LogP contribution in [-0.4, -0.2) is 30.6 Å². The van der Waals surface area contributed by atoms with Gasteiger partial charge in [-0.2, -0.15) is 0 Å². The maximum absolute atomic E-state index is 13.7. The van der Waals surface area contributed by atoms with E-state index >= 15 is 0 Å². The van der Waals surface area contributed by atoms with Crippen LogP contribution in [0.25, 0.3) is 23.2 Å². The lowest BCUT2D eigenvalue weighted by Crippen LogP contribution is -2.18. The van der Waals surface area contributed by atoms with Crippen molar-refractivity contribution < 1.29 is 17.9 Å². The van der Waals surface area contributed by atoms with Gasteiger partial charge in [-0.25, -0.2) is 17.4 Å². The van der Waals surface area contributed by atoms with Crippen LogP contribution >= 0.6 is 11.6 Å². The molecular formula is C23H17ClN2O4S. The van der Waals surface area contributed by atoms with Crippen molar-refractivity contribution in [2.45, 2.75) is 4.90 Å². The molecule has 0 spiro atoms. The lowest BCUT2D eigenvalue weighted by molar-refractivity contribution is 0.171. The third-order valence-corrected chi connectivity index (χ3v) is 6.97. The Morgan fingerprint density at radius 3 is 2.48 bits per heavy atom. The van der Waals surface area contributed by atoms with Gasteiger partial charge < -0.3 is 9.47 Å². The van der Waals surface area contributed by atoms with Crippen molar-refractivity contribution in [3.05, 3.63) is 83.1 Å². The highest BCUT2D eigenvalue weighted by molar-refractivity contribution is 7.90. The molecule has 1 aliphatic rings. The van der Waals surface area contributed by atoms with E-state index in [1.165, 1.54) is 16.1 Å². The molecule has 1 aromatic heterocycles. The summed E-state index contributed by atoms with van der Waals surface area (Å²) in [5, 5.41) is 0.566. The van der Waals surface area contributed by atoms with E-state index in [0.29, 0.717) is 40.8 Å². The van der Waals surface area contributed by atoms with E-state index in [4.69, 9.17) is 21.1 Å². The van der Waals surface area contributed by atoms with Crippen molar-refractivity contribution in [1.29, 1.82) is 0 Å². The van der Waals surface area contributed by atoms with Gasteiger partial charge in [-0.05, 0) is 48.0 Å². The molecule has 0 atom stereocenters. The number of benzene rings is 3. The number of hydrogen-bond donors (Lipinski definition) is 0. The maximum atomic E-state index is 13.7. The van der Waals surface area contributed by atoms with Crippen LogP contribution in [0, 0.1) is 0 Å². The van der Waals surface area contributed by atoms with Gasteiger partial charge in [0.1, 0.15) is 19.0 Å². The zero-order chi connectivity index (χ0) is 21.4. The Morgan fingerprint density at radius 1 is 0.903 bits per heavy atom. The van der Waals surface area contributed by atoms with Gasteiger partial charge in [-0.3, -0.25) is 0 Å². The largest absolute Gasteiger partial charge is 0.486 e. The van der Waals surface area contributed by atoms with Crippen molar-refractivity contribution in [3.63, 3.8) is 0 Å². The minimum atomic E-state index is -3.97. The predicted molar refractivity (Wildman–Crippen MR) is 120 cm³/mol. The average molecular weight is 453 g/mol. The second kappa shape index (κ2) is 7.76. The number of para-hydroxylation sites is 2. The minimum absolute atomic E-state index is 0.0901. The summed E-state index contributed by atoms with van der Waals surface area (Å²) in [6, 6.07) is 19.0. The second-order valence-electron chi connectivity index (χ2n) is 6.89. The van der Waals surface area contributed by atoms with E-state index in [2.05, 4.69) is 4.98 Å². The fraction of sp³-hybridized carbons (Fsp3) is 0.0870. The molecule has 5 rings (SSSR count). The molecule has 0 unspecified atom stereocenters. The third-order valence-electron chi connectivity index (χ3n) is 4.91. The Bertz CT molecular complexity index is 1430. The summed E-state index contributed by atoms with van der Waals surface area (Å²) in [4.78, 5) is 4.62. The number of imidazole rings is 1. The van der Waals surface area contributed by atoms with Gasteiger partial charge in [0.15, 0.2) is 11.5 Å². The molecule has 0 amide bonds. The van der Waals surface area contributed by atoms with Crippen molar-refractivity contribution in [2.24, 2.45) is 0 Å². The van der Waals surface area contributed by atoms with E-state index in [9.17, 15) is 8.42 Å². The van der Waals surface area contributed by atoms with Crippen LogP contribution in [0.5, 0.6) is 11.5 Å². The van der Waals surface area contributed by atoms with E-state index in [-0.39, 0.29) is 10.7 Å². The first kappa shape index (κ1) is 19.7. The molecule has 0 bridgehead atoms. The van der Waals surface area contributed by atoms with Gasteiger partial charge in [0.2, 0.25) is 0 Å². The smallest absolute Gasteiger partial charge is 0.270 e. The highest BCUT2D eigenvalue weighted by Gasteiger charge is 2.25. The summed E-state index contributed by atoms with van der Waals surface area (Å²) in [6.45, 7) is 0.804. The molecule has 0 N–H and O–H groups in total. The number of rotatable bonds is 4. The van der Waals surface area contributed by atoms with E-state index < -0.39 is 10.0 Å². The predicted octanol–water partition coefficient (Wildman–Crippen LogP) is 4.87. The minimum Gasteiger partial charge on any atom is -0.486 e. The number of fused-ring (bicyclic) bond motifs is 2. The number of ether oxygens (including phenoxy) is 2. The van der Waals surface area contributed by atoms with Crippen LogP contribution in [0.3, 0.4) is 0 Å². The molecular weight excluding hydrogens is 436 g/mol. The van der Waals surface area contributed by atoms with E-state index in [1.807, 2.05) is 24.3 Å². The molecule has 3 aromatic carbocycles. The Morgan fingerprint density at radius 2 is 1.65 bits per heavy atom. The monoisotopic (exact) mass is 452 g/mol. The van der Waals surface area contributed by atoms with E-state index in [1.54, 1.807) is 42.5 Å². The summed E-state index contributed by atoms with van der Waals surface area (Å²) >= 11 is 6.24. The zero-order valence-electron chi connectivity index (χ0n) is 16.2. The van der Waals surface area contributed by atoms with E-state index in [0.717, 1.165) is 5.56 Å². The summed E-state index contributed by atoms with van der Waals surface area (Å²) in [7, 11) is -3.97. The van der Waals surface area contributed by atoms with Crippen LogP contribution in [-0.2, 0) is 10.0 Å². The molecule has 0 fully saturated rings.